The molecule has 1 fully saturated rings. The maximum Gasteiger partial charge on any atom is 0.0589 e. The van der Waals surface area contributed by atoms with Gasteiger partial charge < -0.3 is 15.4 Å². The molecule has 0 aliphatic heterocycles. The Hall–Kier alpha value is -0.120. The normalized spacial score (nSPS) is 29.2. The van der Waals surface area contributed by atoms with E-state index in [1.807, 2.05) is 0 Å². The second-order valence-electron chi connectivity index (χ2n) is 6.13. The van der Waals surface area contributed by atoms with Gasteiger partial charge in [0.1, 0.15) is 0 Å². The Labute approximate surface area is 113 Å². The monoisotopic (exact) mass is 256 g/mol. The van der Waals surface area contributed by atoms with Crippen molar-refractivity contribution in [2.45, 2.75) is 46.1 Å². The zero-order valence-corrected chi connectivity index (χ0v) is 12.7. The van der Waals surface area contributed by atoms with Crippen molar-refractivity contribution < 1.29 is 4.74 Å². The molecule has 1 aliphatic rings. The number of rotatable bonds is 7. The number of hydrogen-bond acceptors (Lipinski definition) is 3. The van der Waals surface area contributed by atoms with Gasteiger partial charge in [0, 0.05) is 26.2 Å². The maximum atomic E-state index is 6.32. The van der Waals surface area contributed by atoms with Crippen LogP contribution in [-0.4, -0.2) is 44.3 Å². The lowest BCUT2D eigenvalue weighted by atomic mass is 9.73. The fourth-order valence-corrected chi connectivity index (χ4v) is 3.07. The summed E-state index contributed by atoms with van der Waals surface area (Å²) < 4.78 is 5.18. The van der Waals surface area contributed by atoms with E-state index >= 15 is 0 Å². The molecule has 0 aromatic heterocycles. The molecule has 3 unspecified atom stereocenters. The third-order valence-electron chi connectivity index (χ3n) is 4.58. The van der Waals surface area contributed by atoms with Crippen molar-refractivity contribution in [3.05, 3.63) is 0 Å². The van der Waals surface area contributed by atoms with Crippen molar-refractivity contribution in [3.63, 3.8) is 0 Å². The van der Waals surface area contributed by atoms with Gasteiger partial charge in [0.15, 0.2) is 0 Å². The number of nitrogens with zero attached hydrogens (tertiary/aromatic N) is 1. The van der Waals surface area contributed by atoms with Crippen LogP contribution in [0.5, 0.6) is 0 Å². The number of nitrogens with two attached hydrogens (primary N) is 1. The van der Waals surface area contributed by atoms with E-state index in [1.54, 1.807) is 7.11 Å². The first-order valence-corrected chi connectivity index (χ1v) is 7.55. The molecule has 3 atom stereocenters. The molecule has 1 aliphatic carbocycles. The second-order valence-corrected chi connectivity index (χ2v) is 6.13. The van der Waals surface area contributed by atoms with Gasteiger partial charge in [-0.2, -0.15) is 0 Å². The van der Waals surface area contributed by atoms with Crippen LogP contribution in [0.25, 0.3) is 0 Å². The fraction of sp³-hybridized carbons (Fsp3) is 1.00. The minimum absolute atomic E-state index is 0.400. The van der Waals surface area contributed by atoms with Gasteiger partial charge in [-0.1, -0.05) is 20.8 Å². The number of ether oxygens (including phenoxy) is 1. The van der Waals surface area contributed by atoms with Crippen molar-refractivity contribution in [1.82, 2.24) is 4.90 Å². The molecule has 0 saturated heterocycles. The molecule has 0 spiro atoms. The van der Waals surface area contributed by atoms with E-state index < -0.39 is 0 Å². The Morgan fingerprint density at radius 3 is 2.61 bits per heavy atom. The summed E-state index contributed by atoms with van der Waals surface area (Å²) >= 11 is 0. The molecule has 18 heavy (non-hydrogen) atoms. The van der Waals surface area contributed by atoms with Crippen molar-refractivity contribution in [2.24, 2.45) is 23.5 Å². The number of likely N-dealkylation sites (N-methyl/N-ethyl adjacent to an activating group) is 1. The standard InChI is InChI=1S/C15H32N2O/c1-5-17(8-9-18-4)11-14-10-13(12(2)3)6-7-15(14)16/h12-15H,5-11,16H2,1-4H3. The third-order valence-corrected chi connectivity index (χ3v) is 4.58. The quantitative estimate of drug-likeness (QED) is 0.760. The molecule has 0 aromatic carbocycles. The smallest absolute Gasteiger partial charge is 0.0589 e. The van der Waals surface area contributed by atoms with Crippen LogP contribution >= 0.6 is 0 Å². The molecular weight excluding hydrogens is 224 g/mol. The van der Waals surface area contributed by atoms with E-state index in [0.29, 0.717) is 12.0 Å². The average Bonchev–Trinajstić information content (AvgIpc) is 2.36. The van der Waals surface area contributed by atoms with Crippen LogP contribution in [0.15, 0.2) is 0 Å². The minimum Gasteiger partial charge on any atom is -0.383 e. The highest BCUT2D eigenvalue weighted by molar-refractivity contribution is 4.85. The van der Waals surface area contributed by atoms with E-state index in [4.69, 9.17) is 10.5 Å². The van der Waals surface area contributed by atoms with Crippen molar-refractivity contribution >= 4 is 0 Å². The largest absolute Gasteiger partial charge is 0.383 e. The van der Waals surface area contributed by atoms with Crippen molar-refractivity contribution in [3.8, 4) is 0 Å². The third kappa shape index (κ3) is 4.87. The summed E-state index contributed by atoms with van der Waals surface area (Å²) in [5.41, 5.74) is 6.32. The Morgan fingerprint density at radius 2 is 2.06 bits per heavy atom. The van der Waals surface area contributed by atoms with Gasteiger partial charge >= 0.3 is 0 Å². The molecular formula is C15H32N2O. The van der Waals surface area contributed by atoms with Gasteiger partial charge in [-0.25, -0.2) is 0 Å². The minimum atomic E-state index is 0.400. The van der Waals surface area contributed by atoms with Gasteiger partial charge in [-0.15, -0.1) is 0 Å². The van der Waals surface area contributed by atoms with Gasteiger partial charge in [-0.05, 0) is 43.6 Å². The van der Waals surface area contributed by atoms with Crippen molar-refractivity contribution in [2.75, 3.05) is 33.4 Å². The van der Waals surface area contributed by atoms with E-state index in [2.05, 4.69) is 25.7 Å². The molecule has 108 valence electrons. The number of methoxy groups -OCH3 is 1. The molecule has 0 radical (unpaired) electrons. The summed E-state index contributed by atoms with van der Waals surface area (Å²) in [6, 6.07) is 0.400. The van der Waals surface area contributed by atoms with Crippen LogP contribution in [0, 0.1) is 17.8 Å². The molecule has 2 N–H and O–H groups in total. The van der Waals surface area contributed by atoms with E-state index in [1.165, 1.54) is 19.3 Å². The molecule has 0 aromatic rings. The molecule has 1 saturated carbocycles. The summed E-state index contributed by atoms with van der Waals surface area (Å²) in [5, 5.41) is 0. The fourth-order valence-electron chi connectivity index (χ4n) is 3.07. The highest BCUT2D eigenvalue weighted by Gasteiger charge is 2.30. The predicted molar refractivity (Wildman–Crippen MR) is 77.6 cm³/mol. The lowest BCUT2D eigenvalue weighted by Gasteiger charge is -2.38. The Morgan fingerprint density at radius 1 is 1.33 bits per heavy atom. The van der Waals surface area contributed by atoms with E-state index in [9.17, 15) is 0 Å². The molecule has 0 heterocycles. The molecule has 0 amide bonds. The van der Waals surface area contributed by atoms with E-state index in [-0.39, 0.29) is 0 Å². The van der Waals surface area contributed by atoms with Crippen molar-refractivity contribution in [1.29, 1.82) is 0 Å². The summed E-state index contributed by atoms with van der Waals surface area (Å²) in [4.78, 5) is 2.48. The summed E-state index contributed by atoms with van der Waals surface area (Å²) in [6.07, 6.45) is 3.83. The Balaban J connectivity index is 2.46. The SMILES string of the molecule is CCN(CCOC)CC1CC(C(C)C)CCC1N. The first-order chi connectivity index (χ1) is 8.58. The topological polar surface area (TPSA) is 38.5 Å². The molecule has 3 heteroatoms. The van der Waals surface area contributed by atoms with Gasteiger partial charge in [0.2, 0.25) is 0 Å². The predicted octanol–water partition coefficient (Wildman–Crippen LogP) is 2.35. The maximum absolute atomic E-state index is 6.32. The first kappa shape index (κ1) is 15.9. The molecule has 0 bridgehead atoms. The lowest BCUT2D eigenvalue weighted by molar-refractivity contribution is 0.109. The van der Waals surface area contributed by atoms with Crippen LogP contribution < -0.4 is 5.73 Å². The zero-order valence-electron chi connectivity index (χ0n) is 12.7. The highest BCUT2D eigenvalue weighted by atomic mass is 16.5. The Bertz CT molecular complexity index is 221. The molecule has 1 rings (SSSR count). The lowest BCUT2D eigenvalue weighted by Crippen LogP contribution is -2.44. The van der Waals surface area contributed by atoms with Gasteiger partial charge in [0.05, 0.1) is 6.61 Å². The Kier molecular flexibility index (Phi) is 7.20. The average molecular weight is 256 g/mol. The van der Waals surface area contributed by atoms with Gasteiger partial charge in [0.25, 0.3) is 0 Å². The highest BCUT2D eigenvalue weighted by Crippen LogP contribution is 2.33. The van der Waals surface area contributed by atoms with Crippen LogP contribution in [0.4, 0.5) is 0 Å². The zero-order chi connectivity index (χ0) is 13.5. The van der Waals surface area contributed by atoms with Crippen LogP contribution in [-0.2, 0) is 4.74 Å². The second kappa shape index (κ2) is 8.13. The number of hydrogen-bond donors (Lipinski definition) is 1. The van der Waals surface area contributed by atoms with Crippen LogP contribution in [0.2, 0.25) is 0 Å². The first-order valence-electron chi connectivity index (χ1n) is 7.55. The van der Waals surface area contributed by atoms with E-state index in [0.717, 1.165) is 38.1 Å². The van der Waals surface area contributed by atoms with Crippen LogP contribution in [0.1, 0.15) is 40.0 Å². The van der Waals surface area contributed by atoms with Crippen LogP contribution in [0.3, 0.4) is 0 Å². The summed E-state index contributed by atoms with van der Waals surface area (Å²) in [5.74, 6) is 2.34. The molecule has 3 nitrogen and oxygen atoms in total. The summed E-state index contributed by atoms with van der Waals surface area (Å²) in [7, 11) is 1.77. The summed E-state index contributed by atoms with van der Waals surface area (Å²) in [6.45, 7) is 11.0. The van der Waals surface area contributed by atoms with Gasteiger partial charge in [-0.3, -0.25) is 0 Å².